The predicted octanol–water partition coefficient (Wildman–Crippen LogP) is 2.88. The Balaban J connectivity index is 2.95. The van der Waals surface area contributed by atoms with Crippen LogP contribution in [0.5, 0.6) is 5.75 Å². The molecule has 124 valence electrons. The molecule has 0 bridgehead atoms. The van der Waals surface area contributed by atoms with Gasteiger partial charge in [0.15, 0.2) is 0 Å². The molecule has 0 aliphatic heterocycles. The number of carbonyl (C=O) groups excluding carboxylic acids is 1. The number of rotatable bonds is 5. The summed E-state index contributed by atoms with van der Waals surface area (Å²) in [7, 11) is -3.15. The van der Waals surface area contributed by atoms with E-state index in [9.17, 15) is 17.1 Å². The first kappa shape index (κ1) is 18.2. The molecule has 6 nitrogen and oxygen atoms in total. The van der Waals surface area contributed by atoms with E-state index in [1.54, 1.807) is 32.9 Å². The maximum absolute atomic E-state index is 12.7. The van der Waals surface area contributed by atoms with Crippen molar-refractivity contribution in [3.8, 4) is 5.75 Å². The lowest BCUT2D eigenvalue weighted by atomic mass is 10.1. The van der Waals surface area contributed by atoms with Gasteiger partial charge in [-0.05, 0) is 51.0 Å². The van der Waals surface area contributed by atoms with Crippen LogP contribution in [0.15, 0.2) is 18.2 Å². The molecule has 0 atom stereocenters. The van der Waals surface area contributed by atoms with Crippen LogP contribution < -0.4 is 10.1 Å². The highest BCUT2D eigenvalue weighted by atomic mass is 32.3. The van der Waals surface area contributed by atoms with Crippen LogP contribution in [0.1, 0.15) is 26.3 Å². The molecule has 22 heavy (non-hydrogen) atoms. The van der Waals surface area contributed by atoms with Crippen LogP contribution in [0, 0.1) is 0 Å². The normalized spacial score (nSPS) is 11.9. The number of halogens is 1. The topological polar surface area (TPSA) is 81.7 Å². The van der Waals surface area contributed by atoms with Crippen LogP contribution >= 0.6 is 0 Å². The second kappa shape index (κ2) is 6.95. The molecule has 8 heteroatoms. The van der Waals surface area contributed by atoms with Gasteiger partial charge in [-0.25, -0.2) is 4.79 Å². The fourth-order valence-corrected chi connectivity index (χ4v) is 2.14. The number of hydrogen-bond acceptors (Lipinski definition) is 5. The van der Waals surface area contributed by atoms with Crippen molar-refractivity contribution < 1.29 is 26.6 Å². The minimum absolute atomic E-state index is 0.0961. The van der Waals surface area contributed by atoms with E-state index < -0.39 is 27.7 Å². The summed E-state index contributed by atoms with van der Waals surface area (Å²) in [5.74, 6) is -0.204. The molecule has 0 radical (unpaired) electrons. The average molecular weight is 333 g/mol. The van der Waals surface area contributed by atoms with Gasteiger partial charge in [-0.1, -0.05) is 0 Å². The van der Waals surface area contributed by atoms with Gasteiger partial charge in [-0.15, -0.1) is 3.89 Å². The van der Waals surface area contributed by atoms with Crippen molar-refractivity contribution >= 4 is 22.0 Å². The molecule has 1 rings (SSSR count). The monoisotopic (exact) mass is 333 g/mol. The van der Waals surface area contributed by atoms with Gasteiger partial charge < -0.3 is 9.47 Å². The van der Waals surface area contributed by atoms with Crippen LogP contribution in [0.4, 0.5) is 14.4 Å². The zero-order valence-electron chi connectivity index (χ0n) is 13.0. The number of ether oxygens (including phenoxy) is 2. The molecular weight excluding hydrogens is 313 g/mol. The quantitative estimate of drug-likeness (QED) is 0.838. The van der Waals surface area contributed by atoms with Crippen LogP contribution in [0.3, 0.4) is 0 Å². The number of anilines is 1. The molecular formula is C14H20FNO5S. The molecule has 0 fully saturated rings. The van der Waals surface area contributed by atoms with Crippen molar-refractivity contribution in [1.29, 1.82) is 0 Å². The molecule has 0 aliphatic carbocycles. The van der Waals surface area contributed by atoms with E-state index in [4.69, 9.17) is 9.47 Å². The van der Waals surface area contributed by atoms with E-state index in [0.717, 1.165) is 0 Å². The Morgan fingerprint density at radius 1 is 1.32 bits per heavy atom. The van der Waals surface area contributed by atoms with E-state index >= 15 is 0 Å². The smallest absolute Gasteiger partial charge is 0.412 e. The number of nitrogens with one attached hydrogen (secondary N) is 1. The first-order chi connectivity index (χ1) is 10.00. The second-order valence-electron chi connectivity index (χ2n) is 5.64. The van der Waals surface area contributed by atoms with Crippen LogP contribution in [0.2, 0.25) is 0 Å². The molecule has 0 aliphatic rings. The third kappa shape index (κ3) is 6.75. The van der Waals surface area contributed by atoms with Crippen molar-refractivity contribution in [2.45, 2.75) is 32.8 Å². The van der Waals surface area contributed by atoms with E-state index in [1.165, 1.54) is 13.2 Å². The highest BCUT2D eigenvalue weighted by molar-refractivity contribution is 7.86. The SMILES string of the molecule is COc1ccc(NC(=O)OC(C)(C)C)c(CCS(=O)(=O)F)c1. The maximum Gasteiger partial charge on any atom is 0.412 e. The Morgan fingerprint density at radius 2 is 1.95 bits per heavy atom. The Labute approximate surface area is 129 Å². The molecule has 0 heterocycles. The summed E-state index contributed by atoms with van der Waals surface area (Å²) in [5, 5.41) is 2.52. The Kier molecular flexibility index (Phi) is 5.76. The van der Waals surface area contributed by atoms with Gasteiger partial charge in [-0.2, -0.15) is 8.42 Å². The molecule has 1 N–H and O–H groups in total. The van der Waals surface area contributed by atoms with Gasteiger partial charge >= 0.3 is 16.3 Å². The summed E-state index contributed by atoms with van der Waals surface area (Å²) in [6.07, 6.45) is -0.775. The van der Waals surface area contributed by atoms with Crippen LogP contribution in [-0.4, -0.2) is 33.0 Å². The number of methoxy groups -OCH3 is 1. The fraction of sp³-hybridized carbons (Fsp3) is 0.500. The first-order valence-corrected chi connectivity index (χ1v) is 8.15. The van der Waals surface area contributed by atoms with Crippen molar-refractivity contribution in [2.75, 3.05) is 18.2 Å². The highest BCUT2D eigenvalue weighted by Gasteiger charge is 2.18. The summed E-state index contributed by atoms with van der Waals surface area (Å²) in [6, 6.07) is 4.68. The van der Waals surface area contributed by atoms with Gasteiger partial charge in [0.1, 0.15) is 11.4 Å². The van der Waals surface area contributed by atoms with Crippen molar-refractivity contribution in [3.05, 3.63) is 23.8 Å². The lowest BCUT2D eigenvalue weighted by Crippen LogP contribution is -2.27. The van der Waals surface area contributed by atoms with Crippen LogP contribution in [0.25, 0.3) is 0 Å². The molecule has 1 aromatic carbocycles. The maximum atomic E-state index is 12.7. The summed E-state index contributed by atoms with van der Waals surface area (Å²) in [6.45, 7) is 5.16. The summed E-state index contributed by atoms with van der Waals surface area (Å²) in [5.41, 5.74) is 0.115. The number of aryl methyl sites for hydroxylation is 1. The third-order valence-electron chi connectivity index (χ3n) is 2.56. The first-order valence-electron chi connectivity index (χ1n) is 6.59. The molecule has 0 saturated heterocycles. The molecule has 0 unspecified atom stereocenters. The van der Waals surface area contributed by atoms with Gasteiger partial charge in [-0.3, -0.25) is 5.32 Å². The lowest BCUT2D eigenvalue weighted by molar-refractivity contribution is 0.0635. The number of carbonyl (C=O) groups is 1. The Bertz CT molecular complexity index is 637. The van der Waals surface area contributed by atoms with Crippen molar-refractivity contribution in [3.63, 3.8) is 0 Å². The van der Waals surface area contributed by atoms with Crippen molar-refractivity contribution in [1.82, 2.24) is 0 Å². The Hall–Kier alpha value is -1.83. The summed E-state index contributed by atoms with van der Waals surface area (Å²) in [4.78, 5) is 11.8. The number of benzene rings is 1. The lowest BCUT2D eigenvalue weighted by Gasteiger charge is -2.20. The highest BCUT2D eigenvalue weighted by Crippen LogP contribution is 2.24. The second-order valence-corrected chi connectivity index (χ2v) is 7.13. The zero-order chi connectivity index (χ0) is 17.0. The number of amides is 1. The van der Waals surface area contributed by atoms with Gasteiger partial charge in [0.2, 0.25) is 0 Å². The molecule has 0 saturated carbocycles. The van der Waals surface area contributed by atoms with Gasteiger partial charge in [0, 0.05) is 5.69 Å². The minimum atomic E-state index is -4.60. The molecule has 0 aromatic heterocycles. The van der Waals surface area contributed by atoms with Gasteiger partial charge in [0.25, 0.3) is 0 Å². The summed E-state index contributed by atoms with van der Waals surface area (Å²) >= 11 is 0. The van der Waals surface area contributed by atoms with E-state index in [1.807, 2.05) is 0 Å². The largest absolute Gasteiger partial charge is 0.497 e. The molecule has 0 spiro atoms. The predicted molar refractivity (Wildman–Crippen MR) is 81.4 cm³/mol. The zero-order valence-corrected chi connectivity index (χ0v) is 13.8. The number of hydrogen-bond donors (Lipinski definition) is 1. The molecule has 1 amide bonds. The molecule has 1 aromatic rings. The average Bonchev–Trinajstić information content (AvgIpc) is 2.34. The van der Waals surface area contributed by atoms with E-state index in [2.05, 4.69) is 5.32 Å². The third-order valence-corrected chi connectivity index (χ3v) is 3.26. The van der Waals surface area contributed by atoms with Crippen molar-refractivity contribution in [2.24, 2.45) is 0 Å². The van der Waals surface area contributed by atoms with E-state index in [-0.39, 0.29) is 6.42 Å². The Morgan fingerprint density at radius 3 is 2.45 bits per heavy atom. The summed E-state index contributed by atoms with van der Waals surface area (Å²) < 4.78 is 44.2. The fourth-order valence-electron chi connectivity index (χ4n) is 1.67. The van der Waals surface area contributed by atoms with E-state index in [0.29, 0.717) is 17.0 Å². The minimum Gasteiger partial charge on any atom is -0.497 e. The van der Waals surface area contributed by atoms with Crippen LogP contribution in [-0.2, 0) is 21.4 Å². The van der Waals surface area contributed by atoms with Gasteiger partial charge in [0.05, 0.1) is 12.9 Å². The standard InChI is InChI=1S/C14H20FNO5S/c1-14(2,3)21-13(17)16-12-6-5-11(20-4)9-10(12)7-8-22(15,18)19/h5-6,9H,7-8H2,1-4H3,(H,16,17).